The summed E-state index contributed by atoms with van der Waals surface area (Å²) in [6.45, 7) is 0. The summed E-state index contributed by atoms with van der Waals surface area (Å²) in [6.07, 6.45) is 1.67. The summed E-state index contributed by atoms with van der Waals surface area (Å²) in [5, 5.41) is 11.9. The van der Waals surface area contributed by atoms with Crippen LogP contribution in [0, 0.1) is 0 Å². The molecule has 0 unspecified atom stereocenters. The SMILES string of the molecule is O=C1CSC(=NN=Cc2ccccc2-c2cccc(Cl)c2)N1. The Hall–Kier alpha value is -2.11. The number of carbonyl (C=O) groups is 1. The topological polar surface area (TPSA) is 53.8 Å². The maximum absolute atomic E-state index is 11.1. The molecule has 0 aliphatic carbocycles. The molecule has 0 atom stereocenters. The molecule has 1 fully saturated rings. The number of benzene rings is 2. The van der Waals surface area contributed by atoms with E-state index in [9.17, 15) is 4.79 Å². The summed E-state index contributed by atoms with van der Waals surface area (Å²) < 4.78 is 0. The molecular formula is C16H12ClN3OS. The fraction of sp³-hybridized carbons (Fsp3) is 0.0625. The predicted octanol–water partition coefficient (Wildman–Crippen LogP) is 3.56. The van der Waals surface area contributed by atoms with Gasteiger partial charge in [-0.15, -0.1) is 5.10 Å². The molecule has 110 valence electrons. The molecule has 1 saturated heterocycles. The van der Waals surface area contributed by atoms with Crippen LogP contribution in [-0.2, 0) is 4.79 Å². The first-order valence-corrected chi connectivity index (χ1v) is 7.97. The minimum Gasteiger partial charge on any atom is -0.303 e. The lowest BCUT2D eigenvalue weighted by atomic mass is 10.0. The first kappa shape index (κ1) is 14.8. The van der Waals surface area contributed by atoms with Crippen molar-refractivity contribution >= 4 is 40.7 Å². The normalized spacial score (nSPS) is 16.4. The summed E-state index contributed by atoms with van der Waals surface area (Å²) in [6, 6.07) is 15.5. The van der Waals surface area contributed by atoms with Gasteiger partial charge in [0.25, 0.3) is 0 Å². The molecule has 0 aromatic heterocycles. The molecule has 0 saturated carbocycles. The average Bonchev–Trinajstić information content (AvgIpc) is 2.93. The van der Waals surface area contributed by atoms with Crippen LogP contribution in [-0.4, -0.2) is 23.0 Å². The third kappa shape index (κ3) is 3.55. The van der Waals surface area contributed by atoms with E-state index < -0.39 is 0 Å². The van der Waals surface area contributed by atoms with Crippen LogP contribution in [0.5, 0.6) is 0 Å². The fourth-order valence-electron chi connectivity index (χ4n) is 2.05. The highest BCUT2D eigenvalue weighted by Crippen LogP contribution is 2.25. The summed E-state index contributed by atoms with van der Waals surface area (Å²) in [5.41, 5.74) is 2.98. The third-order valence-electron chi connectivity index (χ3n) is 3.03. The van der Waals surface area contributed by atoms with Gasteiger partial charge in [-0.3, -0.25) is 4.79 Å². The third-order valence-corrected chi connectivity index (χ3v) is 4.13. The lowest BCUT2D eigenvalue weighted by Crippen LogP contribution is -2.19. The van der Waals surface area contributed by atoms with E-state index in [1.165, 1.54) is 11.8 Å². The molecule has 1 amide bonds. The van der Waals surface area contributed by atoms with Crippen LogP contribution < -0.4 is 5.32 Å². The molecular weight excluding hydrogens is 318 g/mol. The Morgan fingerprint density at radius 1 is 1.18 bits per heavy atom. The van der Waals surface area contributed by atoms with Gasteiger partial charge in [-0.1, -0.05) is 59.8 Å². The van der Waals surface area contributed by atoms with Crippen LogP contribution in [0.15, 0.2) is 58.7 Å². The second-order valence-corrected chi connectivity index (χ2v) is 5.98. The quantitative estimate of drug-likeness (QED) is 0.691. The van der Waals surface area contributed by atoms with Crippen molar-refractivity contribution in [1.82, 2.24) is 5.32 Å². The number of nitrogens with one attached hydrogen (secondary N) is 1. The van der Waals surface area contributed by atoms with Crippen LogP contribution in [0.1, 0.15) is 5.56 Å². The first-order valence-electron chi connectivity index (χ1n) is 6.61. The van der Waals surface area contributed by atoms with Crippen molar-refractivity contribution in [3.8, 4) is 11.1 Å². The van der Waals surface area contributed by atoms with Crippen molar-refractivity contribution in [1.29, 1.82) is 0 Å². The van der Waals surface area contributed by atoms with E-state index in [4.69, 9.17) is 11.6 Å². The summed E-state index contributed by atoms with van der Waals surface area (Å²) in [7, 11) is 0. The Labute approximate surface area is 137 Å². The number of thioether (sulfide) groups is 1. The number of amides is 1. The molecule has 2 aromatic carbocycles. The number of nitrogens with zero attached hydrogens (tertiary/aromatic N) is 2. The average molecular weight is 330 g/mol. The molecule has 4 nitrogen and oxygen atoms in total. The first-order chi connectivity index (χ1) is 10.7. The highest BCUT2D eigenvalue weighted by atomic mass is 35.5. The maximum atomic E-state index is 11.1. The zero-order valence-corrected chi connectivity index (χ0v) is 13.1. The fourth-order valence-corrected chi connectivity index (χ4v) is 2.87. The molecule has 22 heavy (non-hydrogen) atoms. The molecule has 1 aliphatic rings. The van der Waals surface area contributed by atoms with E-state index in [1.54, 1.807) is 6.21 Å². The van der Waals surface area contributed by atoms with Crippen molar-refractivity contribution in [2.75, 3.05) is 5.75 Å². The van der Waals surface area contributed by atoms with Crippen molar-refractivity contribution in [3.05, 3.63) is 59.1 Å². The van der Waals surface area contributed by atoms with E-state index in [0.29, 0.717) is 15.9 Å². The molecule has 6 heteroatoms. The van der Waals surface area contributed by atoms with Crippen molar-refractivity contribution in [2.45, 2.75) is 0 Å². The standard InChI is InChI=1S/C16H12ClN3OS/c17-13-6-3-5-11(8-13)14-7-2-1-4-12(14)9-18-20-16-19-15(21)10-22-16/h1-9H,10H2,(H,19,20,21). The maximum Gasteiger partial charge on any atom is 0.236 e. The van der Waals surface area contributed by atoms with Crippen molar-refractivity contribution < 1.29 is 4.79 Å². The number of amidine groups is 1. The van der Waals surface area contributed by atoms with Crippen molar-refractivity contribution in [2.24, 2.45) is 10.2 Å². The number of hydrogen-bond donors (Lipinski definition) is 1. The molecule has 0 radical (unpaired) electrons. The van der Waals surface area contributed by atoms with Crippen molar-refractivity contribution in [3.63, 3.8) is 0 Å². The lowest BCUT2D eigenvalue weighted by Gasteiger charge is -2.05. The zero-order valence-electron chi connectivity index (χ0n) is 11.5. The molecule has 1 N–H and O–H groups in total. The van der Waals surface area contributed by atoms with Crippen LogP contribution in [0.4, 0.5) is 0 Å². The van der Waals surface area contributed by atoms with E-state index in [-0.39, 0.29) is 5.91 Å². The minimum absolute atomic E-state index is 0.0433. The largest absolute Gasteiger partial charge is 0.303 e. The van der Waals surface area contributed by atoms with Gasteiger partial charge in [0.05, 0.1) is 12.0 Å². The van der Waals surface area contributed by atoms with Crippen LogP contribution in [0.2, 0.25) is 5.02 Å². The van der Waals surface area contributed by atoms with Gasteiger partial charge in [0.2, 0.25) is 5.91 Å². The molecule has 0 spiro atoms. The van der Waals surface area contributed by atoms with E-state index >= 15 is 0 Å². The van der Waals surface area contributed by atoms with Crippen LogP contribution in [0.25, 0.3) is 11.1 Å². The van der Waals surface area contributed by atoms with Gasteiger partial charge in [0, 0.05) is 10.6 Å². The van der Waals surface area contributed by atoms with E-state index in [1.807, 2.05) is 48.5 Å². The number of rotatable bonds is 3. The van der Waals surface area contributed by atoms with Gasteiger partial charge in [0.1, 0.15) is 0 Å². The van der Waals surface area contributed by atoms with E-state index in [2.05, 4.69) is 15.5 Å². The lowest BCUT2D eigenvalue weighted by molar-refractivity contribution is -0.116. The Bertz CT molecular complexity index is 773. The monoisotopic (exact) mass is 329 g/mol. The molecule has 2 aromatic rings. The predicted molar refractivity (Wildman–Crippen MR) is 92.5 cm³/mol. The van der Waals surface area contributed by atoms with Gasteiger partial charge in [0.15, 0.2) is 5.17 Å². The molecule has 3 rings (SSSR count). The van der Waals surface area contributed by atoms with Gasteiger partial charge < -0.3 is 5.32 Å². The van der Waals surface area contributed by atoms with Gasteiger partial charge in [-0.05, 0) is 23.3 Å². The summed E-state index contributed by atoms with van der Waals surface area (Å²) in [4.78, 5) is 11.1. The molecule has 0 bridgehead atoms. The van der Waals surface area contributed by atoms with E-state index in [0.717, 1.165) is 16.7 Å². The summed E-state index contributed by atoms with van der Waals surface area (Å²) in [5.74, 6) is 0.353. The minimum atomic E-state index is -0.0433. The number of hydrogen-bond acceptors (Lipinski definition) is 4. The Kier molecular flexibility index (Phi) is 4.56. The van der Waals surface area contributed by atoms with Gasteiger partial charge in [-0.2, -0.15) is 5.10 Å². The number of carbonyl (C=O) groups excluding carboxylic acids is 1. The second-order valence-electron chi connectivity index (χ2n) is 4.58. The van der Waals surface area contributed by atoms with Crippen LogP contribution in [0.3, 0.4) is 0 Å². The molecule has 1 aliphatic heterocycles. The Morgan fingerprint density at radius 2 is 2.05 bits per heavy atom. The Balaban J connectivity index is 1.87. The van der Waals surface area contributed by atoms with Gasteiger partial charge >= 0.3 is 0 Å². The molecule has 1 heterocycles. The number of halogens is 1. The zero-order chi connectivity index (χ0) is 15.4. The highest BCUT2D eigenvalue weighted by Gasteiger charge is 2.15. The smallest absolute Gasteiger partial charge is 0.236 e. The van der Waals surface area contributed by atoms with Gasteiger partial charge in [-0.25, -0.2) is 0 Å². The highest BCUT2D eigenvalue weighted by molar-refractivity contribution is 8.15. The summed E-state index contributed by atoms with van der Waals surface area (Å²) >= 11 is 7.40. The van der Waals surface area contributed by atoms with Crippen LogP contribution >= 0.6 is 23.4 Å². The second kappa shape index (κ2) is 6.77. The Morgan fingerprint density at radius 3 is 2.82 bits per heavy atom.